The van der Waals surface area contributed by atoms with Crippen LogP contribution in [0.4, 0.5) is 5.69 Å². The lowest BCUT2D eigenvalue weighted by Gasteiger charge is -2.08. The van der Waals surface area contributed by atoms with E-state index in [1.54, 1.807) is 43.9 Å². The van der Waals surface area contributed by atoms with Crippen molar-refractivity contribution in [1.29, 1.82) is 0 Å². The van der Waals surface area contributed by atoms with Crippen LogP contribution in [-0.2, 0) is 6.54 Å². The fraction of sp³-hybridized carbons (Fsp3) is 0.182. The van der Waals surface area contributed by atoms with Gasteiger partial charge in [-0.15, -0.1) is 0 Å². The van der Waals surface area contributed by atoms with E-state index in [1.807, 2.05) is 46.7 Å². The standard InChI is InChI=1S/C22H22N6O2.BrH/c1-23-17-5-9-27(10-6-17)12-8-25-22(29)16-4-11-28-19(15-26-21(28)13-16)18-14-24-7-3-20(18)30-2;/h3-7,9-11,13-15H,8,12H2,1-2H3,(H,25,29);1H. The minimum absolute atomic E-state index is 0. The summed E-state index contributed by atoms with van der Waals surface area (Å²) < 4.78 is 9.36. The molecule has 0 aliphatic heterocycles. The molecule has 0 bridgehead atoms. The maximum absolute atomic E-state index is 12.6. The molecule has 2 N–H and O–H groups in total. The van der Waals surface area contributed by atoms with E-state index in [9.17, 15) is 4.79 Å². The minimum atomic E-state index is -0.131. The summed E-state index contributed by atoms with van der Waals surface area (Å²) in [5.41, 5.74) is 3.98. The number of imidazole rings is 1. The molecule has 9 heteroatoms. The maximum Gasteiger partial charge on any atom is 0.251 e. The quantitative estimate of drug-likeness (QED) is 0.336. The maximum atomic E-state index is 12.6. The van der Waals surface area contributed by atoms with Crippen molar-refractivity contribution in [2.45, 2.75) is 6.54 Å². The molecule has 0 aromatic carbocycles. The van der Waals surface area contributed by atoms with Crippen molar-refractivity contribution in [3.8, 4) is 17.0 Å². The molecule has 4 aromatic heterocycles. The third-order valence-electron chi connectivity index (χ3n) is 4.89. The van der Waals surface area contributed by atoms with Crippen molar-refractivity contribution in [2.24, 2.45) is 0 Å². The van der Waals surface area contributed by atoms with Crippen molar-refractivity contribution >= 4 is 17.2 Å². The lowest BCUT2D eigenvalue weighted by atomic mass is 10.2. The number of fused-ring (bicyclic) bond motifs is 1. The van der Waals surface area contributed by atoms with Gasteiger partial charge in [-0.05, 0) is 18.2 Å². The van der Waals surface area contributed by atoms with E-state index in [1.165, 1.54) is 0 Å². The molecule has 4 aromatic rings. The normalized spacial score (nSPS) is 10.4. The smallest absolute Gasteiger partial charge is 0.251 e. The van der Waals surface area contributed by atoms with E-state index in [0.29, 0.717) is 30.0 Å². The van der Waals surface area contributed by atoms with Crippen molar-refractivity contribution in [3.63, 3.8) is 0 Å². The second kappa shape index (κ2) is 10.0. The summed E-state index contributed by atoms with van der Waals surface area (Å²) >= 11 is 0. The van der Waals surface area contributed by atoms with Gasteiger partial charge in [-0.2, -0.15) is 0 Å². The van der Waals surface area contributed by atoms with E-state index >= 15 is 0 Å². The molecule has 160 valence electrons. The zero-order valence-electron chi connectivity index (χ0n) is 17.2. The Kier molecular flexibility index (Phi) is 7.19. The predicted molar refractivity (Wildman–Crippen MR) is 113 cm³/mol. The molecule has 0 radical (unpaired) electrons. The third kappa shape index (κ3) is 4.83. The number of hydrogen-bond acceptors (Lipinski definition) is 5. The molecule has 0 aliphatic carbocycles. The molecule has 0 unspecified atom stereocenters. The Morgan fingerprint density at radius 3 is 2.74 bits per heavy atom. The first-order valence-electron chi connectivity index (χ1n) is 9.60. The Bertz CT molecular complexity index is 1180. The number of hydrogen-bond donors (Lipinski definition) is 2. The first kappa shape index (κ1) is 22.2. The van der Waals surface area contributed by atoms with Gasteiger partial charge in [-0.1, -0.05) is 0 Å². The molecular formula is C22H23BrN6O2. The van der Waals surface area contributed by atoms with Gasteiger partial charge in [-0.3, -0.25) is 14.2 Å². The molecule has 8 nitrogen and oxygen atoms in total. The number of rotatable bonds is 7. The van der Waals surface area contributed by atoms with E-state index in [0.717, 1.165) is 16.9 Å². The van der Waals surface area contributed by atoms with Gasteiger partial charge < -0.3 is 32.4 Å². The molecule has 0 saturated carbocycles. The number of nitrogens with zero attached hydrogens (tertiary/aromatic N) is 4. The first-order valence-corrected chi connectivity index (χ1v) is 9.60. The van der Waals surface area contributed by atoms with Crippen LogP contribution in [0.1, 0.15) is 10.4 Å². The fourth-order valence-electron chi connectivity index (χ4n) is 3.25. The molecule has 0 spiro atoms. The third-order valence-corrected chi connectivity index (χ3v) is 4.89. The number of carbonyl (C=O) groups is 1. The summed E-state index contributed by atoms with van der Waals surface area (Å²) in [6.45, 7) is 1.21. The number of halogens is 1. The Balaban J connectivity index is 0.00000272. The number of amides is 1. The Morgan fingerprint density at radius 2 is 2.00 bits per heavy atom. The van der Waals surface area contributed by atoms with E-state index in [4.69, 9.17) is 4.74 Å². The number of aromatic nitrogens is 4. The van der Waals surface area contributed by atoms with Crippen LogP contribution in [0.2, 0.25) is 0 Å². The van der Waals surface area contributed by atoms with Crippen LogP contribution in [0.3, 0.4) is 0 Å². The largest absolute Gasteiger partial charge is 1.00 e. The predicted octanol–water partition coefficient (Wildman–Crippen LogP) is -0.832. The van der Waals surface area contributed by atoms with Crippen LogP contribution < -0.4 is 36.9 Å². The lowest BCUT2D eigenvalue weighted by Crippen LogP contribution is -3.00. The molecule has 1 amide bonds. The Labute approximate surface area is 190 Å². The van der Waals surface area contributed by atoms with Crippen molar-refractivity contribution < 1.29 is 31.1 Å². The molecule has 4 rings (SSSR count). The van der Waals surface area contributed by atoms with Gasteiger partial charge in [0.25, 0.3) is 5.91 Å². The average Bonchev–Trinajstić information content (AvgIpc) is 3.22. The summed E-state index contributed by atoms with van der Waals surface area (Å²) in [7, 11) is 3.50. The van der Waals surface area contributed by atoms with Crippen LogP contribution in [0.5, 0.6) is 5.75 Å². The highest BCUT2D eigenvalue weighted by molar-refractivity contribution is 5.95. The highest BCUT2D eigenvalue weighted by Gasteiger charge is 2.13. The van der Waals surface area contributed by atoms with Crippen LogP contribution in [0, 0.1) is 0 Å². The molecule has 0 saturated heterocycles. The van der Waals surface area contributed by atoms with Gasteiger partial charge in [0.05, 0.1) is 31.1 Å². The van der Waals surface area contributed by atoms with Crippen LogP contribution >= 0.6 is 0 Å². The molecule has 0 atom stereocenters. The Hall–Kier alpha value is -3.46. The highest BCUT2D eigenvalue weighted by Crippen LogP contribution is 2.29. The lowest BCUT2D eigenvalue weighted by molar-refractivity contribution is -0.694. The number of ether oxygens (including phenoxy) is 1. The van der Waals surface area contributed by atoms with Crippen LogP contribution in [0.15, 0.2) is 67.5 Å². The molecular weight excluding hydrogens is 460 g/mol. The highest BCUT2D eigenvalue weighted by atomic mass is 79.9. The monoisotopic (exact) mass is 482 g/mol. The zero-order valence-corrected chi connectivity index (χ0v) is 18.8. The summed E-state index contributed by atoms with van der Waals surface area (Å²) in [5, 5.41) is 6.04. The summed E-state index contributed by atoms with van der Waals surface area (Å²) in [4.78, 5) is 21.2. The molecule has 4 heterocycles. The van der Waals surface area contributed by atoms with Gasteiger partial charge in [0.1, 0.15) is 11.4 Å². The Morgan fingerprint density at radius 1 is 1.19 bits per heavy atom. The van der Waals surface area contributed by atoms with E-state index < -0.39 is 0 Å². The summed E-state index contributed by atoms with van der Waals surface area (Å²) in [5.74, 6) is 0.585. The van der Waals surface area contributed by atoms with Gasteiger partial charge in [0.2, 0.25) is 0 Å². The zero-order chi connectivity index (χ0) is 20.9. The number of nitrogens with one attached hydrogen (secondary N) is 2. The fourth-order valence-corrected chi connectivity index (χ4v) is 3.25. The van der Waals surface area contributed by atoms with Crippen LogP contribution in [-0.4, -0.2) is 41.0 Å². The SMILES string of the molecule is CNc1cc[n+](CCNC(=O)c2ccn3c(-c4cnccc4OC)cnc3c2)cc1.[Br-]. The summed E-state index contributed by atoms with van der Waals surface area (Å²) in [6, 6.07) is 9.34. The number of carbonyl (C=O) groups excluding carboxylic acids is 1. The molecule has 0 fully saturated rings. The summed E-state index contributed by atoms with van der Waals surface area (Å²) in [6.07, 6.45) is 11.0. The topological polar surface area (TPSA) is 84.4 Å². The van der Waals surface area contributed by atoms with Gasteiger partial charge in [0.15, 0.2) is 18.9 Å². The molecule has 0 aliphatic rings. The average molecular weight is 483 g/mol. The number of methoxy groups -OCH3 is 1. The van der Waals surface area contributed by atoms with Crippen molar-refractivity contribution in [2.75, 3.05) is 26.0 Å². The second-order valence-electron chi connectivity index (χ2n) is 6.69. The van der Waals surface area contributed by atoms with Crippen LogP contribution in [0.25, 0.3) is 16.9 Å². The minimum Gasteiger partial charge on any atom is -1.00 e. The first-order chi connectivity index (χ1) is 14.7. The second-order valence-corrected chi connectivity index (χ2v) is 6.69. The van der Waals surface area contributed by atoms with Gasteiger partial charge in [-0.25, -0.2) is 9.55 Å². The van der Waals surface area contributed by atoms with E-state index in [2.05, 4.69) is 20.6 Å². The van der Waals surface area contributed by atoms with Gasteiger partial charge >= 0.3 is 0 Å². The number of anilines is 1. The molecule has 31 heavy (non-hydrogen) atoms. The van der Waals surface area contributed by atoms with Gasteiger partial charge in [0, 0.05) is 49.0 Å². The number of pyridine rings is 3. The van der Waals surface area contributed by atoms with Crippen molar-refractivity contribution in [1.82, 2.24) is 19.7 Å². The van der Waals surface area contributed by atoms with Crippen molar-refractivity contribution in [3.05, 3.63) is 73.1 Å². The van der Waals surface area contributed by atoms with E-state index in [-0.39, 0.29) is 22.9 Å².